The number of aliphatic hydroxyl groups is 1. The van der Waals surface area contributed by atoms with Crippen LogP contribution in [0.4, 0.5) is 4.39 Å². The van der Waals surface area contributed by atoms with Crippen LogP contribution in [-0.2, 0) is 4.74 Å². The summed E-state index contributed by atoms with van der Waals surface area (Å²) in [6.45, 7) is 1.19. The quantitative estimate of drug-likeness (QED) is 0.913. The fourth-order valence-electron chi connectivity index (χ4n) is 2.32. The van der Waals surface area contributed by atoms with Gasteiger partial charge in [0, 0.05) is 49.7 Å². The molecule has 1 aromatic rings. The first-order chi connectivity index (χ1) is 9.39. The second kappa shape index (κ2) is 6.20. The molecule has 0 unspecified atom stereocenters. The summed E-state index contributed by atoms with van der Waals surface area (Å²) in [5.41, 5.74) is -0.664. The van der Waals surface area contributed by atoms with Crippen molar-refractivity contribution in [2.24, 2.45) is 0 Å². The Balaban J connectivity index is 2.08. The molecule has 1 aliphatic heterocycles. The molecule has 1 heterocycles. The highest BCUT2D eigenvalue weighted by atomic mass is 79.9. The first kappa shape index (κ1) is 15.4. The number of nitrogens with zero attached hydrogens (tertiary/aromatic N) is 1. The molecule has 0 aromatic heterocycles. The Labute approximate surface area is 125 Å². The molecule has 1 aliphatic rings. The van der Waals surface area contributed by atoms with Gasteiger partial charge in [0.1, 0.15) is 5.82 Å². The van der Waals surface area contributed by atoms with Crippen molar-refractivity contribution < 1.29 is 19.0 Å². The molecule has 0 atom stereocenters. The molecule has 20 heavy (non-hydrogen) atoms. The molecule has 4 nitrogen and oxygen atoms in total. The number of ether oxygens (including phenoxy) is 1. The molecule has 0 radical (unpaired) electrons. The van der Waals surface area contributed by atoms with Gasteiger partial charge in [-0.05, 0) is 18.2 Å². The van der Waals surface area contributed by atoms with Crippen molar-refractivity contribution in [3.63, 3.8) is 0 Å². The number of benzene rings is 1. The zero-order valence-corrected chi connectivity index (χ0v) is 12.8. The molecule has 6 heteroatoms. The van der Waals surface area contributed by atoms with E-state index >= 15 is 0 Å². The van der Waals surface area contributed by atoms with Gasteiger partial charge in [0.15, 0.2) is 0 Å². The van der Waals surface area contributed by atoms with Gasteiger partial charge in [0.2, 0.25) is 0 Å². The average Bonchev–Trinajstić information content (AvgIpc) is 2.37. The van der Waals surface area contributed by atoms with Crippen LogP contribution < -0.4 is 0 Å². The molecule has 0 bridgehead atoms. The molecule has 1 N–H and O–H groups in total. The zero-order valence-electron chi connectivity index (χ0n) is 11.2. The van der Waals surface area contributed by atoms with E-state index in [4.69, 9.17) is 4.74 Å². The zero-order chi connectivity index (χ0) is 14.8. The Hall–Kier alpha value is -0.980. The maximum atomic E-state index is 13.3. The van der Waals surface area contributed by atoms with Gasteiger partial charge in [-0.15, -0.1) is 0 Å². The lowest BCUT2D eigenvalue weighted by atomic mass is 9.93. The Morgan fingerprint density at radius 2 is 2.10 bits per heavy atom. The van der Waals surface area contributed by atoms with E-state index < -0.39 is 11.4 Å². The van der Waals surface area contributed by atoms with Gasteiger partial charge in [0.25, 0.3) is 5.91 Å². The summed E-state index contributed by atoms with van der Waals surface area (Å²) in [7, 11) is 1.61. The van der Waals surface area contributed by atoms with E-state index in [1.807, 2.05) is 0 Å². The molecule has 0 aliphatic carbocycles. The van der Waals surface area contributed by atoms with Gasteiger partial charge in [-0.2, -0.15) is 0 Å². The van der Waals surface area contributed by atoms with Crippen molar-refractivity contribution in [2.45, 2.75) is 18.4 Å². The van der Waals surface area contributed by atoms with Crippen molar-refractivity contribution in [2.75, 3.05) is 26.8 Å². The fraction of sp³-hybridized carbons (Fsp3) is 0.500. The Bertz CT molecular complexity index is 483. The van der Waals surface area contributed by atoms with Crippen molar-refractivity contribution in [3.8, 4) is 0 Å². The number of halogens is 2. The number of hydrogen-bond acceptors (Lipinski definition) is 3. The maximum absolute atomic E-state index is 13.3. The van der Waals surface area contributed by atoms with Crippen LogP contribution in [0.1, 0.15) is 23.2 Å². The molecule has 1 saturated heterocycles. The molecule has 1 amide bonds. The molecular formula is C14H17BrFNO3. The molecule has 0 spiro atoms. The minimum atomic E-state index is -0.923. The van der Waals surface area contributed by atoms with E-state index in [-0.39, 0.29) is 18.0 Å². The van der Waals surface area contributed by atoms with Crippen LogP contribution in [0.2, 0.25) is 0 Å². The van der Waals surface area contributed by atoms with Crippen molar-refractivity contribution in [1.29, 1.82) is 0 Å². The highest BCUT2D eigenvalue weighted by Gasteiger charge is 2.32. The number of amides is 1. The van der Waals surface area contributed by atoms with Gasteiger partial charge in [-0.1, -0.05) is 15.9 Å². The van der Waals surface area contributed by atoms with Crippen molar-refractivity contribution >= 4 is 21.8 Å². The lowest BCUT2D eigenvalue weighted by Gasteiger charge is -2.35. The van der Waals surface area contributed by atoms with E-state index in [9.17, 15) is 14.3 Å². The fourth-order valence-corrected chi connectivity index (χ4v) is 2.79. The van der Waals surface area contributed by atoms with E-state index in [0.29, 0.717) is 30.5 Å². The predicted octanol–water partition coefficient (Wildman–Crippen LogP) is 2.20. The molecule has 0 saturated carbocycles. The van der Waals surface area contributed by atoms with E-state index in [1.165, 1.54) is 17.0 Å². The van der Waals surface area contributed by atoms with Crippen molar-refractivity contribution in [1.82, 2.24) is 4.90 Å². The molecular weight excluding hydrogens is 329 g/mol. The smallest absolute Gasteiger partial charge is 0.253 e. The number of carbonyl (C=O) groups excluding carboxylic acids is 1. The largest absolute Gasteiger partial charge is 0.388 e. The molecule has 2 rings (SSSR count). The molecule has 1 aromatic carbocycles. The summed E-state index contributed by atoms with van der Waals surface area (Å²) < 4.78 is 19.0. The van der Waals surface area contributed by atoms with Crippen LogP contribution in [0.3, 0.4) is 0 Å². The van der Waals surface area contributed by atoms with Gasteiger partial charge < -0.3 is 14.7 Å². The van der Waals surface area contributed by atoms with Gasteiger partial charge >= 0.3 is 0 Å². The highest BCUT2D eigenvalue weighted by molar-refractivity contribution is 9.10. The topological polar surface area (TPSA) is 49.8 Å². The van der Waals surface area contributed by atoms with Gasteiger partial charge in [-0.25, -0.2) is 4.39 Å². The first-order valence-corrected chi connectivity index (χ1v) is 7.21. The Kier molecular flexibility index (Phi) is 4.78. The normalized spacial score (nSPS) is 17.8. The van der Waals surface area contributed by atoms with Crippen LogP contribution in [0.5, 0.6) is 0 Å². The number of rotatable bonds is 3. The van der Waals surface area contributed by atoms with Crippen molar-refractivity contribution in [3.05, 3.63) is 34.1 Å². The standard InChI is InChI=1S/C14H17BrFNO3/c1-17(9-14(19)2-4-20-5-3-14)13(18)10-6-11(15)8-12(16)7-10/h6-8,19H,2-5,9H2,1H3. The second-order valence-corrected chi connectivity index (χ2v) is 6.07. The minimum absolute atomic E-state index is 0.212. The summed E-state index contributed by atoms with van der Waals surface area (Å²) in [6.07, 6.45) is 0.995. The minimum Gasteiger partial charge on any atom is -0.388 e. The summed E-state index contributed by atoms with van der Waals surface area (Å²) in [5, 5.41) is 10.4. The number of carbonyl (C=O) groups is 1. The van der Waals surface area contributed by atoms with E-state index in [2.05, 4.69) is 15.9 Å². The second-order valence-electron chi connectivity index (χ2n) is 5.16. The van der Waals surface area contributed by atoms with Crippen LogP contribution in [0, 0.1) is 5.82 Å². The monoisotopic (exact) mass is 345 g/mol. The third-order valence-electron chi connectivity index (χ3n) is 3.41. The average molecular weight is 346 g/mol. The highest BCUT2D eigenvalue weighted by Crippen LogP contribution is 2.22. The van der Waals surface area contributed by atoms with Crippen LogP contribution in [-0.4, -0.2) is 48.3 Å². The summed E-state index contributed by atoms with van der Waals surface area (Å²) in [4.78, 5) is 13.7. The summed E-state index contributed by atoms with van der Waals surface area (Å²) in [5.74, 6) is -0.786. The van der Waals surface area contributed by atoms with Crippen LogP contribution in [0.15, 0.2) is 22.7 Å². The van der Waals surface area contributed by atoms with Gasteiger partial charge in [-0.3, -0.25) is 4.79 Å². The number of hydrogen-bond donors (Lipinski definition) is 1. The first-order valence-electron chi connectivity index (χ1n) is 6.41. The van der Waals surface area contributed by atoms with Crippen LogP contribution in [0.25, 0.3) is 0 Å². The summed E-state index contributed by atoms with van der Waals surface area (Å²) >= 11 is 3.16. The maximum Gasteiger partial charge on any atom is 0.253 e. The third kappa shape index (κ3) is 3.77. The number of likely N-dealkylation sites (N-methyl/N-ethyl adjacent to an activating group) is 1. The summed E-state index contributed by atoms with van der Waals surface area (Å²) in [6, 6.07) is 4.05. The third-order valence-corrected chi connectivity index (χ3v) is 3.87. The lowest BCUT2D eigenvalue weighted by Crippen LogP contribution is -2.47. The van der Waals surface area contributed by atoms with Crippen LogP contribution >= 0.6 is 15.9 Å². The Morgan fingerprint density at radius 1 is 1.45 bits per heavy atom. The molecule has 1 fully saturated rings. The lowest BCUT2D eigenvalue weighted by molar-refractivity contribution is -0.0734. The predicted molar refractivity (Wildman–Crippen MR) is 76.1 cm³/mol. The molecule has 110 valence electrons. The van der Waals surface area contributed by atoms with E-state index in [1.54, 1.807) is 13.1 Å². The SMILES string of the molecule is CN(CC1(O)CCOCC1)C(=O)c1cc(F)cc(Br)c1. The van der Waals surface area contributed by atoms with Gasteiger partial charge in [0.05, 0.1) is 5.60 Å². The Morgan fingerprint density at radius 3 is 2.70 bits per heavy atom. The van der Waals surface area contributed by atoms with E-state index in [0.717, 1.165) is 0 Å².